The van der Waals surface area contributed by atoms with Gasteiger partial charge in [0.1, 0.15) is 5.69 Å². The van der Waals surface area contributed by atoms with Crippen LogP contribution in [0.15, 0.2) is 24.3 Å². The molecule has 0 spiro atoms. The second kappa shape index (κ2) is 7.76. The molecule has 0 aliphatic heterocycles. The second-order valence-corrected chi connectivity index (χ2v) is 6.06. The third kappa shape index (κ3) is 4.68. The summed E-state index contributed by atoms with van der Waals surface area (Å²) < 4.78 is 0. The Morgan fingerprint density at radius 3 is 2.54 bits per heavy atom. The molecule has 1 saturated carbocycles. The van der Waals surface area contributed by atoms with Gasteiger partial charge in [-0.2, -0.15) is 0 Å². The Morgan fingerprint density at radius 1 is 1.25 bits per heavy atom. The van der Waals surface area contributed by atoms with Crippen molar-refractivity contribution in [2.45, 2.75) is 44.1 Å². The minimum atomic E-state index is -0.921. The zero-order valence-corrected chi connectivity index (χ0v) is 13.3. The Kier molecular flexibility index (Phi) is 5.73. The van der Waals surface area contributed by atoms with Crippen LogP contribution < -0.4 is 10.6 Å². The molecule has 0 bridgehead atoms. The molecule has 3 N–H and O–H groups in total. The van der Waals surface area contributed by atoms with Crippen LogP contribution >= 0.6 is 0 Å². The quantitative estimate of drug-likeness (QED) is 0.495. The third-order valence-corrected chi connectivity index (χ3v) is 4.22. The van der Waals surface area contributed by atoms with Crippen LogP contribution in [0.25, 0.3) is 0 Å². The number of amides is 1. The number of carboxylic acid groups (broad SMARTS) is 1. The van der Waals surface area contributed by atoms with E-state index in [0.717, 1.165) is 12.8 Å². The highest BCUT2D eigenvalue weighted by atomic mass is 16.6. The molecule has 2 rings (SSSR count). The third-order valence-electron chi connectivity index (χ3n) is 4.22. The number of benzene rings is 1. The molecule has 0 aromatic heterocycles. The van der Waals surface area contributed by atoms with E-state index in [1.165, 1.54) is 6.07 Å². The number of carbonyl (C=O) groups is 2. The molecule has 1 aromatic carbocycles. The van der Waals surface area contributed by atoms with Gasteiger partial charge in [0.15, 0.2) is 0 Å². The number of nitrogens with one attached hydrogen (secondary N) is 2. The van der Waals surface area contributed by atoms with E-state index in [9.17, 15) is 19.7 Å². The predicted molar refractivity (Wildman–Crippen MR) is 87.8 cm³/mol. The van der Waals surface area contributed by atoms with Crippen molar-refractivity contribution < 1.29 is 19.6 Å². The molecular weight excluding hydrogens is 314 g/mol. The number of nitro benzene ring substituents is 1. The van der Waals surface area contributed by atoms with Crippen LogP contribution in [0.2, 0.25) is 0 Å². The predicted octanol–water partition coefficient (Wildman–Crippen LogP) is 2.30. The number of hydrogen-bond donors (Lipinski definition) is 3. The summed E-state index contributed by atoms with van der Waals surface area (Å²) in [4.78, 5) is 33.6. The van der Waals surface area contributed by atoms with Crippen LogP contribution in [-0.2, 0) is 9.59 Å². The summed E-state index contributed by atoms with van der Waals surface area (Å²) in [5.41, 5.74) is -0.339. The van der Waals surface area contributed by atoms with Crippen LogP contribution in [0.5, 0.6) is 0 Å². The number of aliphatic carboxylic acids is 1. The lowest BCUT2D eigenvalue weighted by Gasteiger charge is -2.28. The van der Waals surface area contributed by atoms with Gasteiger partial charge < -0.3 is 15.7 Å². The van der Waals surface area contributed by atoms with E-state index < -0.39 is 16.4 Å². The maximum absolute atomic E-state index is 12.1. The monoisotopic (exact) mass is 335 g/mol. The van der Waals surface area contributed by atoms with Crippen LogP contribution in [0.3, 0.4) is 0 Å². The molecule has 130 valence electrons. The Balaban J connectivity index is 1.87. The Labute approximate surface area is 139 Å². The first-order valence-electron chi connectivity index (χ1n) is 7.92. The standard InChI is InChI=1S/C16H21N3O5/c20-14(18-16(11-15(21)22)8-3-4-9-16)7-10-17-12-5-1-2-6-13(12)19(23)24/h1-2,5-6,17H,3-4,7-11H2,(H,18,20)(H,21,22). The van der Waals surface area contributed by atoms with Gasteiger partial charge in [0.05, 0.1) is 16.9 Å². The van der Waals surface area contributed by atoms with Crippen molar-refractivity contribution in [1.29, 1.82) is 0 Å². The van der Waals surface area contributed by atoms with Crippen LogP contribution in [0.4, 0.5) is 11.4 Å². The summed E-state index contributed by atoms with van der Waals surface area (Å²) in [5, 5.41) is 25.7. The molecule has 1 aromatic rings. The van der Waals surface area contributed by atoms with Gasteiger partial charge in [-0.3, -0.25) is 19.7 Å². The number of para-hydroxylation sites is 2. The second-order valence-electron chi connectivity index (χ2n) is 6.06. The van der Waals surface area contributed by atoms with E-state index in [1.54, 1.807) is 18.2 Å². The summed E-state index contributed by atoms with van der Waals surface area (Å²) >= 11 is 0. The number of nitro groups is 1. The zero-order chi connectivity index (χ0) is 17.6. The van der Waals surface area contributed by atoms with Crippen molar-refractivity contribution in [3.63, 3.8) is 0 Å². The lowest BCUT2D eigenvalue weighted by Crippen LogP contribution is -2.48. The fraction of sp³-hybridized carbons (Fsp3) is 0.500. The summed E-state index contributed by atoms with van der Waals surface area (Å²) in [6.07, 6.45) is 3.19. The molecule has 8 heteroatoms. The van der Waals surface area contributed by atoms with Crippen molar-refractivity contribution in [3.8, 4) is 0 Å². The summed E-state index contributed by atoms with van der Waals surface area (Å²) in [6, 6.07) is 6.23. The summed E-state index contributed by atoms with van der Waals surface area (Å²) in [7, 11) is 0. The number of carboxylic acids is 1. The normalized spacial score (nSPS) is 15.7. The highest BCUT2D eigenvalue weighted by Crippen LogP contribution is 2.32. The van der Waals surface area contributed by atoms with E-state index >= 15 is 0 Å². The van der Waals surface area contributed by atoms with E-state index in [0.29, 0.717) is 18.5 Å². The molecule has 0 atom stereocenters. The van der Waals surface area contributed by atoms with Crippen LogP contribution in [-0.4, -0.2) is 34.0 Å². The minimum Gasteiger partial charge on any atom is -0.481 e. The molecule has 1 aliphatic rings. The fourth-order valence-electron chi connectivity index (χ4n) is 3.14. The Hall–Kier alpha value is -2.64. The topological polar surface area (TPSA) is 122 Å². The van der Waals surface area contributed by atoms with Crippen molar-refractivity contribution in [2.24, 2.45) is 0 Å². The largest absolute Gasteiger partial charge is 0.481 e. The average molecular weight is 335 g/mol. The lowest BCUT2D eigenvalue weighted by atomic mass is 9.93. The van der Waals surface area contributed by atoms with Crippen molar-refractivity contribution in [1.82, 2.24) is 5.32 Å². The van der Waals surface area contributed by atoms with E-state index in [2.05, 4.69) is 10.6 Å². The van der Waals surface area contributed by atoms with Crippen molar-refractivity contribution in [3.05, 3.63) is 34.4 Å². The van der Waals surface area contributed by atoms with E-state index in [4.69, 9.17) is 5.11 Å². The molecule has 0 saturated heterocycles. The first kappa shape index (κ1) is 17.7. The Morgan fingerprint density at radius 2 is 1.92 bits per heavy atom. The molecule has 8 nitrogen and oxygen atoms in total. The maximum Gasteiger partial charge on any atom is 0.305 e. The maximum atomic E-state index is 12.1. The van der Waals surface area contributed by atoms with Gasteiger partial charge in [0, 0.05) is 19.0 Å². The van der Waals surface area contributed by atoms with Crippen molar-refractivity contribution in [2.75, 3.05) is 11.9 Å². The first-order valence-corrected chi connectivity index (χ1v) is 7.92. The van der Waals surface area contributed by atoms with Crippen molar-refractivity contribution >= 4 is 23.3 Å². The van der Waals surface area contributed by atoms with Gasteiger partial charge in [0.25, 0.3) is 5.69 Å². The summed E-state index contributed by atoms with van der Waals surface area (Å²) in [6.45, 7) is 0.236. The Bertz CT molecular complexity index is 626. The van der Waals surface area contributed by atoms with Crippen LogP contribution in [0.1, 0.15) is 38.5 Å². The number of carbonyl (C=O) groups excluding carboxylic acids is 1. The highest BCUT2D eigenvalue weighted by Gasteiger charge is 2.37. The molecule has 24 heavy (non-hydrogen) atoms. The number of nitrogens with zero attached hydrogens (tertiary/aromatic N) is 1. The molecule has 0 radical (unpaired) electrons. The van der Waals surface area contributed by atoms with E-state index in [1.807, 2.05) is 0 Å². The van der Waals surface area contributed by atoms with Gasteiger partial charge in [-0.05, 0) is 18.9 Å². The SMILES string of the molecule is O=C(O)CC1(NC(=O)CCNc2ccccc2[N+](=O)[O-])CCCC1. The molecule has 1 fully saturated rings. The lowest BCUT2D eigenvalue weighted by molar-refractivity contribution is -0.384. The fourth-order valence-corrected chi connectivity index (χ4v) is 3.14. The number of anilines is 1. The minimum absolute atomic E-state index is 0.0453. The van der Waals surface area contributed by atoms with Gasteiger partial charge in [0.2, 0.25) is 5.91 Å². The van der Waals surface area contributed by atoms with Gasteiger partial charge >= 0.3 is 5.97 Å². The smallest absolute Gasteiger partial charge is 0.305 e. The van der Waals surface area contributed by atoms with Gasteiger partial charge in [-0.15, -0.1) is 0 Å². The van der Waals surface area contributed by atoms with Crippen LogP contribution in [0, 0.1) is 10.1 Å². The average Bonchev–Trinajstić information content (AvgIpc) is 2.94. The molecular formula is C16H21N3O5. The molecule has 0 heterocycles. The first-order chi connectivity index (χ1) is 11.4. The highest BCUT2D eigenvalue weighted by molar-refractivity contribution is 5.79. The molecule has 1 aliphatic carbocycles. The number of hydrogen-bond acceptors (Lipinski definition) is 5. The molecule has 0 unspecified atom stereocenters. The zero-order valence-electron chi connectivity index (χ0n) is 13.3. The van der Waals surface area contributed by atoms with Gasteiger partial charge in [-0.1, -0.05) is 25.0 Å². The summed E-state index contributed by atoms with van der Waals surface area (Å²) in [5.74, 6) is -1.17. The number of rotatable bonds is 8. The molecule has 1 amide bonds. The van der Waals surface area contributed by atoms with E-state index in [-0.39, 0.29) is 31.0 Å². The van der Waals surface area contributed by atoms with Gasteiger partial charge in [-0.25, -0.2) is 0 Å².